The molecule has 2 fully saturated rings. The van der Waals surface area contributed by atoms with Crippen molar-refractivity contribution in [2.45, 2.75) is 32.2 Å². The summed E-state index contributed by atoms with van der Waals surface area (Å²) in [6.45, 7) is 3.01. The molecular weight excluding hydrogens is 282 g/mol. The van der Waals surface area contributed by atoms with Gasteiger partial charge in [-0.05, 0) is 44.3 Å². The number of hydrogen-bond donors (Lipinski definition) is 1. The Morgan fingerprint density at radius 2 is 2.05 bits per heavy atom. The number of hydrogen-bond acceptors (Lipinski definition) is 4. The van der Waals surface area contributed by atoms with Crippen LogP contribution in [-0.4, -0.2) is 35.4 Å². The third-order valence-electron chi connectivity index (χ3n) is 4.88. The minimum atomic E-state index is -0.393. The van der Waals surface area contributed by atoms with Crippen LogP contribution < -0.4 is 5.32 Å². The monoisotopic (exact) mass is 303 g/mol. The maximum absolute atomic E-state index is 12.9. The molecule has 2 heterocycles. The summed E-state index contributed by atoms with van der Waals surface area (Å²) in [7, 11) is 0. The van der Waals surface area contributed by atoms with Crippen LogP contribution in [0, 0.1) is 15.5 Å². The first-order valence-corrected chi connectivity index (χ1v) is 7.84. The maximum atomic E-state index is 12.9. The summed E-state index contributed by atoms with van der Waals surface area (Å²) < 4.78 is 0. The second-order valence-corrected chi connectivity index (χ2v) is 6.29. The predicted octanol–water partition coefficient (Wildman–Crippen LogP) is 2.09. The molecule has 6 heteroatoms. The number of likely N-dealkylation sites (tertiary alicyclic amines) is 1. The van der Waals surface area contributed by atoms with Gasteiger partial charge in [-0.2, -0.15) is 0 Å². The van der Waals surface area contributed by atoms with Gasteiger partial charge < -0.3 is 10.2 Å². The van der Waals surface area contributed by atoms with Crippen molar-refractivity contribution in [1.82, 2.24) is 10.2 Å². The first-order valence-electron chi connectivity index (χ1n) is 7.84. The highest BCUT2D eigenvalue weighted by Crippen LogP contribution is 2.39. The summed E-state index contributed by atoms with van der Waals surface area (Å²) >= 11 is 0. The SMILES string of the molecule is O=C1N(Cc2cccc([N+](=O)[O-])c2)CCCC12CCNCC2. The molecule has 2 saturated heterocycles. The number of piperidine rings is 2. The van der Waals surface area contributed by atoms with Crippen LogP contribution in [0.3, 0.4) is 0 Å². The first-order chi connectivity index (χ1) is 10.6. The number of nitrogens with zero attached hydrogens (tertiary/aromatic N) is 2. The van der Waals surface area contributed by atoms with Crippen LogP contribution in [-0.2, 0) is 11.3 Å². The van der Waals surface area contributed by atoms with Gasteiger partial charge in [0.1, 0.15) is 0 Å². The number of benzene rings is 1. The molecule has 0 aliphatic carbocycles. The van der Waals surface area contributed by atoms with E-state index >= 15 is 0 Å². The van der Waals surface area contributed by atoms with Crippen LogP contribution in [0.2, 0.25) is 0 Å². The molecule has 0 radical (unpaired) electrons. The lowest BCUT2D eigenvalue weighted by Gasteiger charge is -2.44. The average Bonchev–Trinajstić information content (AvgIpc) is 2.53. The molecule has 1 amide bonds. The van der Waals surface area contributed by atoms with Crippen molar-refractivity contribution >= 4 is 11.6 Å². The van der Waals surface area contributed by atoms with E-state index in [1.54, 1.807) is 12.1 Å². The van der Waals surface area contributed by atoms with E-state index in [2.05, 4.69) is 5.32 Å². The number of rotatable bonds is 3. The fourth-order valence-electron chi connectivity index (χ4n) is 3.66. The van der Waals surface area contributed by atoms with Crippen LogP contribution in [0.15, 0.2) is 24.3 Å². The Bertz CT molecular complexity index is 576. The molecule has 118 valence electrons. The summed E-state index contributed by atoms with van der Waals surface area (Å²) in [5.41, 5.74) is 0.705. The van der Waals surface area contributed by atoms with E-state index in [0.29, 0.717) is 6.54 Å². The van der Waals surface area contributed by atoms with E-state index in [1.165, 1.54) is 6.07 Å². The summed E-state index contributed by atoms with van der Waals surface area (Å²) in [5, 5.41) is 14.2. The number of nitrogens with one attached hydrogen (secondary N) is 1. The zero-order chi connectivity index (χ0) is 15.6. The van der Waals surface area contributed by atoms with Crippen molar-refractivity contribution in [3.05, 3.63) is 39.9 Å². The molecule has 6 nitrogen and oxygen atoms in total. The van der Waals surface area contributed by atoms with Crippen molar-refractivity contribution < 1.29 is 9.72 Å². The summed E-state index contributed by atoms with van der Waals surface area (Å²) in [4.78, 5) is 25.2. The third-order valence-corrected chi connectivity index (χ3v) is 4.88. The lowest BCUT2D eigenvalue weighted by molar-refractivity contribution is -0.384. The predicted molar refractivity (Wildman–Crippen MR) is 82.3 cm³/mol. The number of carbonyl (C=O) groups excluding carboxylic acids is 1. The molecule has 2 aliphatic heterocycles. The second kappa shape index (κ2) is 6.04. The van der Waals surface area contributed by atoms with Crippen LogP contribution in [0.25, 0.3) is 0 Å². The zero-order valence-corrected chi connectivity index (χ0v) is 12.6. The summed E-state index contributed by atoms with van der Waals surface area (Å²) in [5.74, 6) is 0.228. The molecule has 22 heavy (non-hydrogen) atoms. The molecule has 1 aromatic rings. The fourth-order valence-corrected chi connectivity index (χ4v) is 3.66. The lowest BCUT2D eigenvalue weighted by atomic mass is 9.72. The van der Waals surface area contributed by atoms with Gasteiger partial charge in [-0.1, -0.05) is 12.1 Å². The Morgan fingerprint density at radius 1 is 1.27 bits per heavy atom. The fraction of sp³-hybridized carbons (Fsp3) is 0.562. The number of nitro benzene ring substituents is 1. The van der Waals surface area contributed by atoms with E-state index in [0.717, 1.165) is 50.9 Å². The molecule has 1 N–H and O–H groups in total. The molecule has 3 rings (SSSR count). The van der Waals surface area contributed by atoms with Crippen LogP contribution >= 0.6 is 0 Å². The smallest absolute Gasteiger partial charge is 0.269 e. The van der Waals surface area contributed by atoms with E-state index in [4.69, 9.17) is 0 Å². The van der Waals surface area contributed by atoms with Gasteiger partial charge in [0.05, 0.1) is 10.3 Å². The topological polar surface area (TPSA) is 75.5 Å². The summed E-state index contributed by atoms with van der Waals surface area (Å²) in [6.07, 6.45) is 3.79. The van der Waals surface area contributed by atoms with Gasteiger partial charge in [0, 0.05) is 25.2 Å². The van der Waals surface area contributed by atoms with Gasteiger partial charge in [-0.15, -0.1) is 0 Å². The normalized spacial score (nSPS) is 21.1. The van der Waals surface area contributed by atoms with Crippen LogP contribution in [0.4, 0.5) is 5.69 Å². The first kappa shape index (κ1) is 15.0. The van der Waals surface area contributed by atoms with Gasteiger partial charge in [-0.25, -0.2) is 0 Å². The lowest BCUT2D eigenvalue weighted by Crippen LogP contribution is -2.52. The Hall–Kier alpha value is -1.95. The Kier molecular flexibility index (Phi) is 4.11. The molecule has 0 atom stereocenters. The van der Waals surface area contributed by atoms with E-state index in [-0.39, 0.29) is 17.0 Å². The molecule has 1 aromatic carbocycles. The van der Waals surface area contributed by atoms with Crippen LogP contribution in [0.5, 0.6) is 0 Å². The van der Waals surface area contributed by atoms with Gasteiger partial charge in [0.15, 0.2) is 0 Å². The largest absolute Gasteiger partial charge is 0.338 e. The standard InChI is InChI=1S/C16H21N3O3/c20-15-16(6-8-17-9-7-16)5-2-10-18(15)12-13-3-1-4-14(11-13)19(21)22/h1,3-4,11,17H,2,5-10,12H2. The third kappa shape index (κ3) is 2.83. The molecule has 0 unspecified atom stereocenters. The minimum Gasteiger partial charge on any atom is -0.338 e. The van der Waals surface area contributed by atoms with Crippen molar-refractivity contribution in [2.75, 3.05) is 19.6 Å². The van der Waals surface area contributed by atoms with Crippen molar-refractivity contribution in [2.24, 2.45) is 5.41 Å². The second-order valence-electron chi connectivity index (χ2n) is 6.29. The van der Waals surface area contributed by atoms with Gasteiger partial charge >= 0.3 is 0 Å². The van der Waals surface area contributed by atoms with E-state index in [1.807, 2.05) is 11.0 Å². The van der Waals surface area contributed by atoms with Crippen molar-refractivity contribution in [1.29, 1.82) is 0 Å². The van der Waals surface area contributed by atoms with E-state index in [9.17, 15) is 14.9 Å². The highest BCUT2D eigenvalue weighted by atomic mass is 16.6. The minimum absolute atomic E-state index is 0.0820. The highest BCUT2D eigenvalue weighted by molar-refractivity contribution is 5.83. The quantitative estimate of drug-likeness (QED) is 0.685. The van der Waals surface area contributed by atoms with E-state index < -0.39 is 4.92 Å². The zero-order valence-electron chi connectivity index (χ0n) is 12.6. The highest BCUT2D eigenvalue weighted by Gasteiger charge is 2.44. The molecule has 1 spiro atoms. The number of non-ortho nitro benzene ring substituents is 1. The maximum Gasteiger partial charge on any atom is 0.269 e. The summed E-state index contributed by atoms with van der Waals surface area (Å²) in [6, 6.07) is 6.58. The Morgan fingerprint density at radius 3 is 2.77 bits per heavy atom. The van der Waals surface area contributed by atoms with Gasteiger partial charge in [-0.3, -0.25) is 14.9 Å². The Labute approximate surface area is 129 Å². The number of amides is 1. The van der Waals surface area contributed by atoms with Crippen molar-refractivity contribution in [3.63, 3.8) is 0 Å². The van der Waals surface area contributed by atoms with Gasteiger partial charge in [0.25, 0.3) is 5.69 Å². The number of nitro groups is 1. The molecule has 2 aliphatic rings. The molecule has 0 saturated carbocycles. The van der Waals surface area contributed by atoms with Gasteiger partial charge in [0.2, 0.25) is 5.91 Å². The van der Waals surface area contributed by atoms with Crippen LogP contribution in [0.1, 0.15) is 31.2 Å². The van der Waals surface area contributed by atoms with Crippen molar-refractivity contribution in [3.8, 4) is 0 Å². The number of carbonyl (C=O) groups is 1. The molecular formula is C16H21N3O3. The average molecular weight is 303 g/mol. The molecule has 0 aromatic heterocycles. The molecule has 0 bridgehead atoms. The Balaban J connectivity index is 1.75.